The van der Waals surface area contributed by atoms with Gasteiger partial charge in [-0.1, -0.05) is 22.2 Å². The maximum absolute atomic E-state index is 12.7. The van der Waals surface area contributed by atoms with Crippen molar-refractivity contribution in [2.45, 2.75) is 13.0 Å². The molecule has 0 saturated carbocycles. The van der Waals surface area contributed by atoms with Crippen LogP contribution in [0.5, 0.6) is 11.5 Å². The van der Waals surface area contributed by atoms with E-state index in [0.29, 0.717) is 21.5 Å². The molecule has 29 heavy (non-hydrogen) atoms. The third-order valence-corrected chi connectivity index (χ3v) is 5.64. The molecule has 3 rings (SSSR count). The van der Waals surface area contributed by atoms with Gasteiger partial charge in [0.15, 0.2) is 11.5 Å². The number of methoxy groups -OCH3 is 2. The topological polar surface area (TPSA) is 99.6 Å². The molecule has 0 spiro atoms. The van der Waals surface area contributed by atoms with Gasteiger partial charge in [-0.15, -0.1) is 16.4 Å². The number of anilines is 1. The Labute approximate surface area is 179 Å². The van der Waals surface area contributed by atoms with Crippen molar-refractivity contribution in [3.8, 4) is 11.5 Å². The fourth-order valence-corrected chi connectivity index (χ4v) is 3.72. The number of esters is 1. The molecular weight excluding hydrogens is 438 g/mol. The van der Waals surface area contributed by atoms with Crippen LogP contribution >= 0.6 is 34.5 Å². The van der Waals surface area contributed by atoms with E-state index in [4.69, 9.17) is 25.8 Å². The van der Waals surface area contributed by atoms with Gasteiger partial charge in [0.25, 0.3) is 0 Å². The molecular formula is C18H16ClN3O5S2. The number of carbonyl (C=O) groups excluding carboxylic acids is 2. The molecule has 152 valence electrons. The largest absolute Gasteiger partial charge is 0.493 e. The van der Waals surface area contributed by atoms with Gasteiger partial charge in [-0.2, -0.15) is 0 Å². The van der Waals surface area contributed by atoms with Gasteiger partial charge in [-0.05, 0) is 11.4 Å². The predicted molar refractivity (Wildman–Crippen MR) is 110 cm³/mol. The molecule has 2 aromatic heterocycles. The summed E-state index contributed by atoms with van der Waals surface area (Å²) >= 11 is 8.40. The highest BCUT2D eigenvalue weighted by atomic mass is 35.5. The lowest BCUT2D eigenvalue weighted by Crippen LogP contribution is -2.17. The lowest BCUT2D eigenvalue weighted by Gasteiger charge is -2.15. The number of ether oxygens (including phenoxy) is 3. The van der Waals surface area contributed by atoms with Crippen LogP contribution in [0.1, 0.15) is 20.9 Å². The van der Waals surface area contributed by atoms with Crippen molar-refractivity contribution in [3.63, 3.8) is 0 Å². The summed E-state index contributed by atoms with van der Waals surface area (Å²) in [6, 6.07) is 6.69. The summed E-state index contributed by atoms with van der Waals surface area (Å²) in [6.45, 7) is -0.148. The molecule has 0 aliphatic carbocycles. The Hall–Kier alpha value is -2.69. The van der Waals surface area contributed by atoms with Gasteiger partial charge in [0, 0.05) is 28.5 Å². The fraction of sp³-hybridized carbons (Fsp3) is 0.222. The highest BCUT2D eigenvalue weighted by Crippen LogP contribution is 2.34. The van der Waals surface area contributed by atoms with E-state index in [1.165, 1.54) is 37.7 Å². The molecule has 0 saturated heterocycles. The Morgan fingerprint density at radius 2 is 1.97 bits per heavy atom. The Kier molecular flexibility index (Phi) is 7.02. The molecule has 11 heteroatoms. The van der Waals surface area contributed by atoms with E-state index in [1.54, 1.807) is 0 Å². The number of halogens is 1. The second-order valence-electron chi connectivity index (χ2n) is 5.63. The van der Waals surface area contributed by atoms with Crippen LogP contribution in [0, 0.1) is 0 Å². The molecule has 0 aliphatic rings. The van der Waals surface area contributed by atoms with Crippen molar-refractivity contribution >= 4 is 52.0 Å². The number of rotatable bonds is 8. The zero-order valence-electron chi connectivity index (χ0n) is 15.4. The summed E-state index contributed by atoms with van der Waals surface area (Å²) in [7, 11) is 2.91. The Morgan fingerprint density at radius 1 is 1.21 bits per heavy atom. The van der Waals surface area contributed by atoms with E-state index >= 15 is 0 Å². The van der Waals surface area contributed by atoms with Crippen LogP contribution in [0.4, 0.5) is 5.69 Å². The van der Waals surface area contributed by atoms with Gasteiger partial charge in [-0.25, -0.2) is 4.79 Å². The molecule has 8 nitrogen and oxygen atoms in total. The number of carbonyl (C=O) groups is 2. The number of amides is 1. The van der Waals surface area contributed by atoms with Gasteiger partial charge < -0.3 is 19.5 Å². The molecule has 1 amide bonds. The monoisotopic (exact) mass is 453 g/mol. The number of benzene rings is 1. The minimum atomic E-state index is -0.679. The first-order chi connectivity index (χ1) is 14.0. The molecule has 0 aliphatic heterocycles. The molecule has 0 atom stereocenters. The van der Waals surface area contributed by atoms with E-state index in [-0.39, 0.29) is 30.2 Å². The second-order valence-corrected chi connectivity index (χ2v) is 8.01. The zero-order valence-corrected chi connectivity index (χ0v) is 17.8. The summed E-state index contributed by atoms with van der Waals surface area (Å²) in [5.41, 5.74) is 0.715. The molecule has 1 aromatic carbocycles. The highest BCUT2D eigenvalue weighted by Gasteiger charge is 2.21. The van der Waals surface area contributed by atoms with E-state index in [2.05, 4.69) is 14.9 Å². The van der Waals surface area contributed by atoms with Gasteiger partial charge in [-0.3, -0.25) is 4.79 Å². The number of nitrogens with one attached hydrogen (secondary N) is 1. The zero-order chi connectivity index (χ0) is 20.8. The van der Waals surface area contributed by atoms with Gasteiger partial charge in [0.2, 0.25) is 5.91 Å². The first kappa shape index (κ1) is 21.0. The molecule has 1 N–H and O–H groups in total. The van der Waals surface area contributed by atoms with Crippen molar-refractivity contribution < 1.29 is 23.8 Å². The highest BCUT2D eigenvalue weighted by molar-refractivity contribution is 7.10. The third-order valence-electron chi connectivity index (χ3n) is 3.78. The van der Waals surface area contributed by atoms with Crippen LogP contribution in [0.15, 0.2) is 29.6 Å². The SMILES string of the molecule is COc1cc(NC(=O)Cc2cccs2)c(C(=O)OCc2nnsc2Cl)cc1OC. The molecule has 0 unspecified atom stereocenters. The van der Waals surface area contributed by atoms with Crippen LogP contribution in [-0.4, -0.2) is 35.7 Å². The summed E-state index contributed by atoms with van der Waals surface area (Å²) in [4.78, 5) is 26.0. The minimum absolute atomic E-state index is 0.112. The van der Waals surface area contributed by atoms with Crippen LogP contribution in [-0.2, 0) is 22.6 Å². The van der Waals surface area contributed by atoms with E-state index in [0.717, 1.165) is 16.4 Å². The van der Waals surface area contributed by atoms with Gasteiger partial charge >= 0.3 is 5.97 Å². The van der Waals surface area contributed by atoms with E-state index in [1.807, 2.05) is 17.5 Å². The van der Waals surface area contributed by atoms with Crippen LogP contribution in [0.3, 0.4) is 0 Å². The second kappa shape index (κ2) is 9.68. The van der Waals surface area contributed by atoms with Crippen LogP contribution in [0.25, 0.3) is 0 Å². The summed E-state index contributed by atoms with van der Waals surface area (Å²) in [6.07, 6.45) is 0.181. The van der Waals surface area contributed by atoms with Crippen molar-refractivity contribution in [1.29, 1.82) is 0 Å². The number of aromatic nitrogens is 2. The Balaban J connectivity index is 1.83. The minimum Gasteiger partial charge on any atom is -0.493 e. The summed E-state index contributed by atoms with van der Waals surface area (Å²) < 4.78 is 19.9. The van der Waals surface area contributed by atoms with Crippen molar-refractivity contribution in [2.24, 2.45) is 0 Å². The van der Waals surface area contributed by atoms with Crippen molar-refractivity contribution in [3.05, 3.63) is 50.1 Å². The Morgan fingerprint density at radius 3 is 2.59 bits per heavy atom. The van der Waals surface area contributed by atoms with E-state index in [9.17, 15) is 9.59 Å². The number of nitrogens with zero attached hydrogens (tertiary/aromatic N) is 2. The van der Waals surface area contributed by atoms with E-state index < -0.39 is 5.97 Å². The molecule has 0 fully saturated rings. The third kappa shape index (κ3) is 5.22. The standard InChI is InChI=1S/C18H16ClN3O5S2/c1-25-14-7-11(18(24)27-9-13-17(19)29-22-21-13)12(8-15(14)26-2)20-16(23)6-10-4-3-5-28-10/h3-5,7-8H,6,9H2,1-2H3,(H,20,23). The van der Waals surface area contributed by atoms with Gasteiger partial charge in [0.05, 0.1) is 31.9 Å². The molecule has 3 aromatic rings. The average Bonchev–Trinajstić information content (AvgIpc) is 3.37. The normalized spacial score (nSPS) is 10.4. The number of hydrogen-bond donors (Lipinski definition) is 1. The predicted octanol–water partition coefficient (Wildman–Crippen LogP) is 3.81. The Bertz CT molecular complexity index is 1010. The number of hydrogen-bond acceptors (Lipinski definition) is 9. The summed E-state index contributed by atoms with van der Waals surface area (Å²) in [5, 5.41) is 8.43. The summed E-state index contributed by atoms with van der Waals surface area (Å²) in [5.74, 6) is -0.270. The first-order valence-corrected chi connectivity index (χ1v) is 10.3. The fourth-order valence-electron chi connectivity index (χ4n) is 2.41. The molecule has 2 heterocycles. The first-order valence-electron chi connectivity index (χ1n) is 8.24. The van der Waals surface area contributed by atoms with Crippen LogP contribution in [0.2, 0.25) is 4.34 Å². The molecule has 0 bridgehead atoms. The van der Waals surface area contributed by atoms with Crippen LogP contribution < -0.4 is 14.8 Å². The molecule has 0 radical (unpaired) electrons. The maximum atomic E-state index is 12.7. The smallest absolute Gasteiger partial charge is 0.340 e. The lowest BCUT2D eigenvalue weighted by molar-refractivity contribution is -0.115. The maximum Gasteiger partial charge on any atom is 0.340 e. The van der Waals surface area contributed by atoms with Crippen molar-refractivity contribution in [1.82, 2.24) is 9.59 Å². The van der Waals surface area contributed by atoms with Gasteiger partial charge in [0.1, 0.15) is 16.6 Å². The van der Waals surface area contributed by atoms with Crippen molar-refractivity contribution in [2.75, 3.05) is 19.5 Å². The lowest BCUT2D eigenvalue weighted by atomic mass is 10.1. The average molecular weight is 454 g/mol. The number of thiophene rings is 1. The quantitative estimate of drug-likeness (QED) is 0.517.